The monoisotopic (exact) mass is 299 g/mol. The summed E-state index contributed by atoms with van der Waals surface area (Å²) >= 11 is 1.52. The maximum absolute atomic E-state index is 5.95. The van der Waals surface area contributed by atoms with E-state index in [0.29, 0.717) is 5.19 Å². The molecular formula is C14H25N3O2S. The van der Waals surface area contributed by atoms with Crippen LogP contribution in [0.5, 0.6) is 5.19 Å². The summed E-state index contributed by atoms with van der Waals surface area (Å²) < 4.78 is 11.7. The quantitative estimate of drug-likeness (QED) is 0.926. The second kappa shape index (κ2) is 6.37. The third kappa shape index (κ3) is 5.00. The normalized spacial score (nSPS) is 27.6. The van der Waals surface area contributed by atoms with Crippen LogP contribution in [-0.4, -0.2) is 34.0 Å². The van der Waals surface area contributed by atoms with Crippen molar-refractivity contribution in [2.45, 2.75) is 77.9 Å². The van der Waals surface area contributed by atoms with Crippen LogP contribution in [0.15, 0.2) is 0 Å². The Labute approximate surface area is 125 Å². The van der Waals surface area contributed by atoms with E-state index in [-0.39, 0.29) is 23.9 Å². The van der Waals surface area contributed by atoms with Crippen molar-refractivity contribution >= 4 is 11.3 Å². The summed E-state index contributed by atoms with van der Waals surface area (Å²) in [7, 11) is 0. The zero-order valence-corrected chi connectivity index (χ0v) is 13.8. The number of aromatic nitrogens is 2. The van der Waals surface area contributed by atoms with Gasteiger partial charge in [0, 0.05) is 18.4 Å². The summed E-state index contributed by atoms with van der Waals surface area (Å²) in [5.41, 5.74) is 0.0816. The van der Waals surface area contributed by atoms with Gasteiger partial charge in [0.15, 0.2) is 0 Å². The van der Waals surface area contributed by atoms with Crippen molar-refractivity contribution in [1.82, 2.24) is 15.5 Å². The van der Waals surface area contributed by atoms with E-state index in [2.05, 4.69) is 50.1 Å². The van der Waals surface area contributed by atoms with Gasteiger partial charge >= 0.3 is 0 Å². The van der Waals surface area contributed by atoms with E-state index >= 15 is 0 Å². The Morgan fingerprint density at radius 1 is 1.25 bits per heavy atom. The number of nitrogens with zero attached hydrogens (tertiary/aromatic N) is 2. The van der Waals surface area contributed by atoms with Gasteiger partial charge in [0.25, 0.3) is 5.19 Å². The van der Waals surface area contributed by atoms with Crippen LogP contribution in [0.25, 0.3) is 0 Å². The van der Waals surface area contributed by atoms with Gasteiger partial charge in [0.05, 0.1) is 18.8 Å². The van der Waals surface area contributed by atoms with Crippen LogP contribution in [0, 0.1) is 0 Å². The summed E-state index contributed by atoms with van der Waals surface area (Å²) in [5.74, 6) is 0. The SMILES string of the molecule is CC1CC(Oc2nnc(CNC(C)(C)C)s2)CC(C)O1. The van der Waals surface area contributed by atoms with Crippen molar-refractivity contribution in [1.29, 1.82) is 0 Å². The Bertz CT molecular complexity index is 420. The van der Waals surface area contributed by atoms with Crippen LogP contribution in [0.2, 0.25) is 0 Å². The third-order valence-electron chi connectivity index (χ3n) is 3.14. The predicted octanol–water partition coefficient (Wildman–Crippen LogP) is 2.76. The standard InChI is InChI=1S/C14H25N3O2S/c1-9-6-11(7-10(2)18-9)19-13-17-16-12(20-13)8-15-14(3,4)5/h9-11,15H,6-8H2,1-5H3. The average molecular weight is 299 g/mol. The topological polar surface area (TPSA) is 56.3 Å². The molecule has 0 spiro atoms. The molecule has 5 nitrogen and oxygen atoms in total. The van der Waals surface area contributed by atoms with Gasteiger partial charge in [-0.1, -0.05) is 16.4 Å². The molecular weight excluding hydrogens is 274 g/mol. The number of ether oxygens (including phenoxy) is 2. The minimum atomic E-state index is 0.0816. The fourth-order valence-electron chi connectivity index (χ4n) is 2.28. The van der Waals surface area contributed by atoms with E-state index in [1.165, 1.54) is 11.3 Å². The fraction of sp³-hybridized carbons (Fsp3) is 0.857. The van der Waals surface area contributed by atoms with Gasteiger partial charge in [-0.15, -0.1) is 5.10 Å². The average Bonchev–Trinajstić information content (AvgIpc) is 2.72. The molecule has 2 unspecified atom stereocenters. The van der Waals surface area contributed by atoms with Gasteiger partial charge in [0.1, 0.15) is 11.1 Å². The highest BCUT2D eigenvalue weighted by atomic mass is 32.1. The third-order valence-corrected chi connectivity index (χ3v) is 3.95. The highest BCUT2D eigenvalue weighted by molar-refractivity contribution is 7.13. The smallest absolute Gasteiger partial charge is 0.294 e. The lowest BCUT2D eigenvalue weighted by Gasteiger charge is -2.31. The maximum Gasteiger partial charge on any atom is 0.294 e. The van der Waals surface area contributed by atoms with Crippen molar-refractivity contribution in [3.8, 4) is 5.19 Å². The van der Waals surface area contributed by atoms with Crippen molar-refractivity contribution in [3.63, 3.8) is 0 Å². The molecule has 1 N–H and O–H groups in total. The molecule has 20 heavy (non-hydrogen) atoms. The minimum Gasteiger partial charge on any atom is -0.465 e. The van der Waals surface area contributed by atoms with Gasteiger partial charge in [-0.3, -0.25) is 0 Å². The molecule has 114 valence electrons. The number of hydrogen-bond donors (Lipinski definition) is 1. The van der Waals surface area contributed by atoms with E-state index in [0.717, 1.165) is 24.4 Å². The highest BCUT2D eigenvalue weighted by Crippen LogP contribution is 2.26. The molecule has 2 rings (SSSR count). The molecule has 1 aliphatic heterocycles. The molecule has 6 heteroatoms. The molecule has 1 aromatic heterocycles. The zero-order valence-electron chi connectivity index (χ0n) is 13.0. The highest BCUT2D eigenvalue weighted by Gasteiger charge is 2.26. The van der Waals surface area contributed by atoms with Crippen LogP contribution < -0.4 is 10.1 Å². The van der Waals surface area contributed by atoms with Gasteiger partial charge in [0.2, 0.25) is 0 Å². The number of hydrogen-bond acceptors (Lipinski definition) is 6. The van der Waals surface area contributed by atoms with E-state index in [1.54, 1.807) is 0 Å². The van der Waals surface area contributed by atoms with Crippen LogP contribution in [0.3, 0.4) is 0 Å². The minimum absolute atomic E-state index is 0.0816. The van der Waals surface area contributed by atoms with Gasteiger partial charge in [-0.05, 0) is 34.6 Å². The molecule has 1 saturated heterocycles. The van der Waals surface area contributed by atoms with Crippen molar-refractivity contribution in [3.05, 3.63) is 5.01 Å². The first-order valence-electron chi connectivity index (χ1n) is 7.21. The van der Waals surface area contributed by atoms with Crippen LogP contribution >= 0.6 is 11.3 Å². The second-order valence-electron chi connectivity index (χ2n) is 6.53. The summed E-state index contributed by atoms with van der Waals surface area (Å²) in [6, 6.07) is 0. The fourth-order valence-corrected chi connectivity index (χ4v) is 2.97. The van der Waals surface area contributed by atoms with Gasteiger partial charge in [-0.2, -0.15) is 0 Å². The van der Waals surface area contributed by atoms with E-state index < -0.39 is 0 Å². The first-order valence-corrected chi connectivity index (χ1v) is 8.03. The lowest BCUT2D eigenvalue weighted by atomic mass is 10.0. The predicted molar refractivity (Wildman–Crippen MR) is 80.2 cm³/mol. The zero-order chi connectivity index (χ0) is 14.8. The second-order valence-corrected chi connectivity index (χ2v) is 7.56. The molecule has 0 amide bonds. The van der Waals surface area contributed by atoms with Gasteiger partial charge in [-0.25, -0.2) is 0 Å². The Morgan fingerprint density at radius 3 is 2.50 bits per heavy atom. The lowest BCUT2D eigenvalue weighted by Crippen LogP contribution is -2.35. The van der Waals surface area contributed by atoms with Crippen molar-refractivity contribution in [2.24, 2.45) is 0 Å². The summed E-state index contributed by atoms with van der Waals surface area (Å²) in [6.45, 7) is 11.3. The summed E-state index contributed by atoms with van der Waals surface area (Å²) in [4.78, 5) is 0. The number of rotatable bonds is 4. The molecule has 0 saturated carbocycles. The van der Waals surface area contributed by atoms with Crippen LogP contribution in [0.4, 0.5) is 0 Å². The molecule has 2 atom stereocenters. The number of nitrogens with one attached hydrogen (secondary N) is 1. The van der Waals surface area contributed by atoms with E-state index in [1.807, 2.05) is 0 Å². The van der Waals surface area contributed by atoms with Crippen molar-refractivity contribution in [2.75, 3.05) is 0 Å². The Hall–Kier alpha value is -0.720. The molecule has 1 aromatic rings. The molecule has 0 aliphatic carbocycles. The molecule has 2 heterocycles. The van der Waals surface area contributed by atoms with Crippen LogP contribution in [0.1, 0.15) is 52.5 Å². The van der Waals surface area contributed by atoms with E-state index in [9.17, 15) is 0 Å². The molecule has 1 aliphatic rings. The molecule has 0 radical (unpaired) electrons. The van der Waals surface area contributed by atoms with Crippen LogP contribution in [-0.2, 0) is 11.3 Å². The summed E-state index contributed by atoms with van der Waals surface area (Å²) in [6.07, 6.45) is 2.52. The van der Waals surface area contributed by atoms with E-state index in [4.69, 9.17) is 9.47 Å². The first-order chi connectivity index (χ1) is 9.32. The lowest BCUT2D eigenvalue weighted by molar-refractivity contribution is -0.0722. The molecule has 0 bridgehead atoms. The van der Waals surface area contributed by atoms with Gasteiger partial charge < -0.3 is 14.8 Å². The van der Waals surface area contributed by atoms with Crippen molar-refractivity contribution < 1.29 is 9.47 Å². The Morgan fingerprint density at radius 2 is 1.90 bits per heavy atom. The molecule has 1 fully saturated rings. The summed E-state index contributed by atoms with van der Waals surface area (Å²) in [5, 5.41) is 13.3. The largest absolute Gasteiger partial charge is 0.465 e. The Kier molecular flexibility index (Phi) is 4.99. The molecule has 0 aromatic carbocycles. The Balaban J connectivity index is 1.86. The first kappa shape index (κ1) is 15.7. The maximum atomic E-state index is 5.95.